The Morgan fingerprint density at radius 2 is 1.86 bits per heavy atom. The number of rotatable bonds is 6. The Bertz CT molecular complexity index is 1060. The average Bonchev–Trinajstić information content (AvgIpc) is 2.72. The van der Waals surface area contributed by atoms with Crippen LogP contribution in [-0.4, -0.2) is 43.5 Å². The molecule has 3 rings (SSSR count). The van der Waals surface area contributed by atoms with E-state index in [1.807, 2.05) is 13.8 Å². The molecule has 2 heterocycles. The van der Waals surface area contributed by atoms with E-state index in [0.29, 0.717) is 16.9 Å². The van der Waals surface area contributed by atoms with Crippen LogP contribution in [0, 0.1) is 0 Å². The maximum absolute atomic E-state index is 11.8. The van der Waals surface area contributed by atoms with Gasteiger partial charge in [0.05, 0.1) is 18.4 Å². The van der Waals surface area contributed by atoms with Gasteiger partial charge in [0.2, 0.25) is 5.95 Å². The van der Waals surface area contributed by atoms with Crippen molar-refractivity contribution in [2.24, 2.45) is 0 Å². The van der Waals surface area contributed by atoms with Gasteiger partial charge in [-0.05, 0) is 24.3 Å². The smallest absolute Gasteiger partial charge is 0.322 e. The lowest BCUT2D eigenvalue weighted by molar-refractivity contribution is -0.135. The zero-order valence-corrected chi connectivity index (χ0v) is 15.9. The standard InChI is InChI=1S/C16H15N7O4.C2H6/c17-16-22-13-12(15(27)23-16)21-10(6-19-13)5-18-9-3-1-8(2-4-9)14(26)20-7-11(24)25;1-2/h1-4,6,18H,5,7H2,(H,20,26)(H,24,25)(H3,17,19,22,23,27);1-2H3. The van der Waals surface area contributed by atoms with Gasteiger partial charge in [-0.25, -0.2) is 9.97 Å². The van der Waals surface area contributed by atoms with Gasteiger partial charge in [-0.2, -0.15) is 4.98 Å². The van der Waals surface area contributed by atoms with E-state index in [4.69, 9.17) is 10.8 Å². The molecule has 11 heteroatoms. The molecule has 0 aliphatic heterocycles. The molecular weight excluding hydrogens is 378 g/mol. The van der Waals surface area contributed by atoms with E-state index in [2.05, 4.69) is 30.6 Å². The van der Waals surface area contributed by atoms with Crippen LogP contribution in [0.1, 0.15) is 29.9 Å². The minimum Gasteiger partial charge on any atom is -0.480 e. The minimum atomic E-state index is -1.12. The van der Waals surface area contributed by atoms with Gasteiger partial charge in [-0.15, -0.1) is 0 Å². The number of carbonyl (C=O) groups is 2. The Kier molecular flexibility index (Phi) is 7.18. The number of benzene rings is 1. The van der Waals surface area contributed by atoms with Gasteiger partial charge in [0.15, 0.2) is 11.2 Å². The molecule has 0 saturated heterocycles. The summed E-state index contributed by atoms with van der Waals surface area (Å²) in [6.45, 7) is 3.84. The number of nitrogens with zero attached hydrogens (tertiary/aromatic N) is 3. The first-order valence-electron chi connectivity index (χ1n) is 8.78. The quantitative estimate of drug-likeness (QED) is 0.400. The molecule has 0 bridgehead atoms. The molecule has 29 heavy (non-hydrogen) atoms. The number of aromatic nitrogens is 4. The summed E-state index contributed by atoms with van der Waals surface area (Å²) in [4.78, 5) is 48.6. The number of nitrogens with two attached hydrogens (primary N) is 1. The largest absolute Gasteiger partial charge is 0.480 e. The third-order valence-corrected chi connectivity index (χ3v) is 3.51. The summed E-state index contributed by atoms with van der Waals surface area (Å²) in [6.07, 6.45) is 1.48. The molecule has 2 aromatic heterocycles. The third-order valence-electron chi connectivity index (χ3n) is 3.51. The lowest BCUT2D eigenvalue weighted by atomic mass is 10.2. The molecule has 0 spiro atoms. The van der Waals surface area contributed by atoms with Gasteiger partial charge in [0.1, 0.15) is 6.54 Å². The fourth-order valence-electron chi connectivity index (χ4n) is 2.25. The number of amides is 1. The van der Waals surface area contributed by atoms with Crippen LogP contribution in [0.25, 0.3) is 11.2 Å². The first-order valence-corrected chi connectivity index (χ1v) is 8.78. The molecule has 0 radical (unpaired) electrons. The highest BCUT2D eigenvalue weighted by molar-refractivity contribution is 5.96. The van der Waals surface area contributed by atoms with E-state index in [0.717, 1.165) is 0 Å². The molecule has 0 saturated carbocycles. The molecule has 3 aromatic rings. The topological polar surface area (TPSA) is 176 Å². The Morgan fingerprint density at radius 1 is 1.17 bits per heavy atom. The second kappa shape index (κ2) is 9.78. The monoisotopic (exact) mass is 399 g/mol. The number of fused-ring (bicyclic) bond motifs is 1. The molecule has 1 aromatic carbocycles. The molecule has 0 atom stereocenters. The van der Waals surface area contributed by atoms with Crippen LogP contribution in [0.2, 0.25) is 0 Å². The Balaban J connectivity index is 0.00000145. The van der Waals surface area contributed by atoms with Crippen LogP contribution in [0.15, 0.2) is 35.3 Å². The van der Waals surface area contributed by atoms with Crippen molar-refractivity contribution >= 4 is 34.7 Å². The van der Waals surface area contributed by atoms with Crippen LogP contribution in [0.3, 0.4) is 0 Å². The number of anilines is 2. The fraction of sp³-hybridized carbons (Fsp3) is 0.222. The molecule has 0 aliphatic carbocycles. The Hall–Kier alpha value is -4.02. The number of nitrogens with one attached hydrogen (secondary N) is 3. The molecule has 6 N–H and O–H groups in total. The maximum atomic E-state index is 11.8. The summed E-state index contributed by atoms with van der Waals surface area (Å²) in [7, 11) is 0. The minimum absolute atomic E-state index is 0.0276. The van der Waals surface area contributed by atoms with Crippen LogP contribution in [0.4, 0.5) is 11.6 Å². The summed E-state index contributed by atoms with van der Waals surface area (Å²) in [5.74, 6) is -1.62. The summed E-state index contributed by atoms with van der Waals surface area (Å²) in [6, 6.07) is 6.45. The van der Waals surface area contributed by atoms with Gasteiger partial charge in [-0.1, -0.05) is 13.8 Å². The molecular formula is C18H21N7O4. The highest BCUT2D eigenvalue weighted by atomic mass is 16.4. The zero-order valence-electron chi connectivity index (χ0n) is 15.9. The molecule has 0 aliphatic rings. The molecule has 152 valence electrons. The molecule has 11 nitrogen and oxygen atoms in total. The lowest BCUT2D eigenvalue weighted by Crippen LogP contribution is -2.29. The van der Waals surface area contributed by atoms with E-state index < -0.39 is 24.0 Å². The van der Waals surface area contributed by atoms with E-state index in [-0.39, 0.29) is 23.7 Å². The number of carboxylic acid groups (broad SMARTS) is 1. The van der Waals surface area contributed by atoms with Crippen molar-refractivity contribution in [1.82, 2.24) is 25.3 Å². The van der Waals surface area contributed by atoms with Gasteiger partial charge in [-0.3, -0.25) is 19.4 Å². The van der Waals surface area contributed by atoms with Gasteiger partial charge in [0, 0.05) is 11.3 Å². The number of hydrogen-bond acceptors (Lipinski definition) is 8. The predicted octanol–water partition coefficient (Wildman–Crippen LogP) is 0.748. The summed E-state index contributed by atoms with van der Waals surface area (Å²) in [5, 5.41) is 13.9. The van der Waals surface area contributed by atoms with Crippen molar-refractivity contribution in [2.45, 2.75) is 20.4 Å². The van der Waals surface area contributed by atoms with Crippen molar-refractivity contribution in [2.75, 3.05) is 17.6 Å². The highest BCUT2D eigenvalue weighted by Gasteiger charge is 2.08. The number of hydrogen-bond donors (Lipinski definition) is 5. The van der Waals surface area contributed by atoms with E-state index in [1.165, 1.54) is 6.20 Å². The van der Waals surface area contributed by atoms with Crippen molar-refractivity contribution in [1.29, 1.82) is 0 Å². The number of H-pyrrole nitrogens is 1. The van der Waals surface area contributed by atoms with Crippen molar-refractivity contribution in [3.8, 4) is 0 Å². The average molecular weight is 399 g/mol. The van der Waals surface area contributed by atoms with Crippen LogP contribution < -0.4 is 21.9 Å². The summed E-state index contributed by atoms with van der Waals surface area (Å²) in [5.41, 5.74) is 6.80. The third kappa shape index (κ3) is 5.73. The van der Waals surface area contributed by atoms with Gasteiger partial charge < -0.3 is 21.5 Å². The number of carboxylic acids is 1. The van der Waals surface area contributed by atoms with E-state index >= 15 is 0 Å². The van der Waals surface area contributed by atoms with Crippen LogP contribution in [-0.2, 0) is 11.3 Å². The van der Waals surface area contributed by atoms with Gasteiger partial charge >= 0.3 is 5.97 Å². The second-order valence-electron chi connectivity index (χ2n) is 5.49. The first-order chi connectivity index (χ1) is 13.9. The second-order valence-corrected chi connectivity index (χ2v) is 5.49. The predicted molar refractivity (Wildman–Crippen MR) is 107 cm³/mol. The zero-order chi connectivity index (χ0) is 21.4. The summed E-state index contributed by atoms with van der Waals surface area (Å²) < 4.78 is 0. The number of aliphatic carboxylic acids is 1. The lowest BCUT2D eigenvalue weighted by Gasteiger charge is -2.08. The Morgan fingerprint density at radius 3 is 2.52 bits per heavy atom. The van der Waals surface area contributed by atoms with Crippen molar-refractivity contribution in [3.63, 3.8) is 0 Å². The van der Waals surface area contributed by atoms with Crippen LogP contribution in [0.5, 0.6) is 0 Å². The molecule has 0 unspecified atom stereocenters. The van der Waals surface area contributed by atoms with E-state index in [9.17, 15) is 14.4 Å². The SMILES string of the molecule is CC.Nc1nc2ncc(CNc3ccc(C(=O)NCC(=O)O)cc3)nc2c(=O)[nH]1. The van der Waals surface area contributed by atoms with Crippen molar-refractivity contribution in [3.05, 3.63) is 52.1 Å². The normalized spacial score (nSPS) is 10.0. The van der Waals surface area contributed by atoms with Crippen molar-refractivity contribution < 1.29 is 14.7 Å². The van der Waals surface area contributed by atoms with Gasteiger partial charge in [0.25, 0.3) is 11.5 Å². The fourth-order valence-corrected chi connectivity index (χ4v) is 2.25. The number of aromatic amines is 1. The number of nitrogen functional groups attached to an aromatic ring is 1. The Labute approximate surface area is 165 Å². The molecule has 1 amide bonds. The van der Waals surface area contributed by atoms with Crippen LogP contribution >= 0.6 is 0 Å². The first kappa shape index (κ1) is 21.3. The molecule has 0 fully saturated rings. The van der Waals surface area contributed by atoms with E-state index in [1.54, 1.807) is 24.3 Å². The highest BCUT2D eigenvalue weighted by Crippen LogP contribution is 2.11. The summed E-state index contributed by atoms with van der Waals surface area (Å²) >= 11 is 0. The maximum Gasteiger partial charge on any atom is 0.322 e. The number of carbonyl (C=O) groups excluding carboxylic acids is 1.